The highest BCUT2D eigenvalue weighted by atomic mass is 31.2. The molecule has 1 fully saturated rings. The van der Waals surface area contributed by atoms with Gasteiger partial charge in [0.1, 0.15) is 12.9 Å². The van der Waals surface area contributed by atoms with Crippen LogP contribution in [0, 0.1) is 12.5 Å². The average molecular weight is 684 g/mol. The van der Waals surface area contributed by atoms with Gasteiger partial charge in [0.15, 0.2) is 31.5 Å². The first-order valence-corrected chi connectivity index (χ1v) is 20.2. The molecule has 1 amide bonds. The zero-order valence-electron chi connectivity index (χ0n) is 29.3. The topological polar surface area (TPSA) is 117 Å². The molecule has 0 bridgehead atoms. The Morgan fingerprint density at radius 1 is 1.13 bits per heavy atom. The van der Waals surface area contributed by atoms with Gasteiger partial charge >= 0.3 is 0 Å². The lowest BCUT2D eigenvalue weighted by Crippen LogP contribution is -2.46. The Hall–Kier alpha value is -2.82. The first-order chi connectivity index (χ1) is 22.2. The Morgan fingerprint density at radius 3 is 2.43 bits per heavy atom. The second kappa shape index (κ2) is 15.6. The van der Waals surface area contributed by atoms with E-state index in [0.29, 0.717) is 29.2 Å². The van der Waals surface area contributed by atoms with Crippen LogP contribution in [0.2, 0.25) is 18.1 Å². The fraction of sp³-hybridized carbons (Fsp3) is 0.606. The molecule has 1 unspecified atom stereocenters. The largest absolute Gasteiger partial charge is 0.409 e. The highest BCUT2D eigenvalue weighted by molar-refractivity contribution is 7.44. The summed E-state index contributed by atoms with van der Waals surface area (Å²) in [6.07, 6.45) is 1.91. The Labute approximate surface area is 281 Å². The Bertz CT molecular complexity index is 1520. The number of aromatic nitrogens is 4. The fourth-order valence-electron chi connectivity index (χ4n) is 5.29. The summed E-state index contributed by atoms with van der Waals surface area (Å²) < 4.78 is 30.7. The molecular weight excluding hydrogens is 633 g/mol. The van der Waals surface area contributed by atoms with E-state index in [-0.39, 0.29) is 54.3 Å². The van der Waals surface area contributed by atoms with E-state index in [1.807, 2.05) is 22.8 Å². The highest BCUT2D eigenvalue weighted by Gasteiger charge is 2.50. The maximum Gasteiger partial charge on any atom is 0.259 e. The van der Waals surface area contributed by atoms with Crippen LogP contribution < -0.4 is 5.32 Å². The number of imidazole rings is 1. The smallest absolute Gasteiger partial charge is 0.259 e. The van der Waals surface area contributed by atoms with Crippen LogP contribution in [-0.2, 0) is 18.2 Å². The quantitative estimate of drug-likeness (QED) is 0.0809. The van der Waals surface area contributed by atoms with E-state index in [0.717, 1.165) is 0 Å². The van der Waals surface area contributed by atoms with Gasteiger partial charge in [0.05, 0.1) is 25.1 Å². The van der Waals surface area contributed by atoms with Crippen molar-refractivity contribution in [3.05, 3.63) is 60.0 Å². The minimum absolute atomic E-state index is 0.0278. The van der Waals surface area contributed by atoms with Gasteiger partial charge in [0.2, 0.25) is 6.54 Å². The zero-order chi connectivity index (χ0) is 34.5. The van der Waals surface area contributed by atoms with Gasteiger partial charge in [-0.05, 0) is 58.0 Å². The van der Waals surface area contributed by atoms with Crippen LogP contribution in [-0.4, -0.2) is 82.5 Å². The van der Waals surface area contributed by atoms with Crippen molar-refractivity contribution in [2.24, 2.45) is 5.92 Å². The van der Waals surface area contributed by atoms with Crippen molar-refractivity contribution < 1.29 is 23.0 Å². The number of carbonyl (C=O) groups is 1. The SMILES string of the molecule is [C-]#[N+]CCOP(OC[C@H]1O[C@@H](n2cnc3c(NC(=O)c4ccccc4)ncnc32)[C@H](O[Si](C)(C)C(C)(C)C)[C@@H]1C)N(C(C)C)C(C)C. The Morgan fingerprint density at radius 2 is 1.81 bits per heavy atom. The normalized spacial score (nSPS) is 21.1. The summed E-state index contributed by atoms with van der Waals surface area (Å²) in [5.74, 6) is -0.00781. The van der Waals surface area contributed by atoms with Gasteiger partial charge in [-0.15, -0.1) is 0 Å². The van der Waals surface area contributed by atoms with E-state index in [1.54, 1.807) is 18.5 Å². The van der Waals surface area contributed by atoms with Gasteiger partial charge in [-0.2, -0.15) is 0 Å². The number of rotatable bonds is 14. The predicted octanol–water partition coefficient (Wildman–Crippen LogP) is 7.30. The average Bonchev–Trinajstić information content (AvgIpc) is 3.56. The first-order valence-electron chi connectivity index (χ1n) is 16.2. The van der Waals surface area contributed by atoms with E-state index < -0.39 is 23.1 Å². The fourth-order valence-corrected chi connectivity index (χ4v) is 8.27. The summed E-state index contributed by atoms with van der Waals surface area (Å²) in [5, 5.41) is 2.86. The van der Waals surface area contributed by atoms with Gasteiger partial charge < -0.3 is 28.4 Å². The lowest BCUT2D eigenvalue weighted by atomic mass is 10.0. The van der Waals surface area contributed by atoms with Crippen LogP contribution in [0.3, 0.4) is 0 Å². The second-order valence-electron chi connectivity index (χ2n) is 13.9. The number of fused-ring (bicyclic) bond motifs is 1. The van der Waals surface area contributed by atoms with Crippen molar-refractivity contribution in [2.45, 2.75) is 104 Å². The van der Waals surface area contributed by atoms with Crippen LogP contribution in [0.25, 0.3) is 16.0 Å². The second-order valence-corrected chi connectivity index (χ2v) is 20.2. The zero-order valence-corrected chi connectivity index (χ0v) is 31.2. The van der Waals surface area contributed by atoms with Gasteiger partial charge in [0.25, 0.3) is 14.4 Å². The van der Waals surface area contributed by atoms with Crippen LogP contribution in [0.4, 0.5) is 5.82 Å². The van der Waals surface area contributed by atoms with Gasteiger partial charge in [-0.1, -0.05) is 45.9 Å². The van der Waals surface area contributed by atoms with E-state index in [9.17, 15) is 4.79 Å². The highest BCUT2D eigenvalue weighted by Crippen LogP contribution is 2.49. The predicted molar refractivity (Wildman–Crippen MR) is 187 cm³/mol. The molecule has 1 aromatic carbocycles. The molecule has 1 saturated heterocycles. The molecule has 0 aliphatic carbocycles. The molecule has 1 aliphatic rings. The van der Waals surface area contributed by atoms with Crippen LogP contribution in [0.5, 0.6) is 0 Å². The molecule has 47 heavy (non-hydrogen) atoms. The standard InChI is InChI=1S/C33H50N7O5PSi/c1-22(2)40(23(3)4)46(42-18-17-34-9)43-19-26-24(5)28(45-47(10,11)33(6,7)8)32(44-26)39-21-37-27-29(35-20-36-30(27)39)38-31(41)25-15-13-12-14-16-25/h12-16,20-24,26,28,32H,17-19H2,1-8,10-11H3,(H,35,36,38,41)/t24-,26-,28-,32-,46?/m1/s1. The van der Waals surface area contributed by atoms with E-state index >= 15 is 0 Å². The van der Waals surface area contributed by atoms with Gasteiger partial charge in [-0.25, -0.2) is 26.2 Å². The maximum absolute atomic E-state index is 13.0. The third-order valence-corrected chi connectivity index (χ3v) is 15.4. The van der Waals surface area contributed by atoms with Crippen molar-refractivity contribution >= 4 is 39.7 Å². The molecule has 14 heteroatoms. The lowest BCUT2D eigenvalue weighted by Gasteiger charge is -2.40. The molecule has 0 radical (unpaired) electrons. The van der Waals surface area contributed by atoms with Crippen molar-refractivity contribution in [1.82, 2.24) is 24.2 Å². The minimum Gasteiger partial charge on any atom is -0.409 e. The van der Waals surface area contributed by atoms with E-state index in [1.165, 1.54) is 6.33 Å². The molecule has 256 valence electrons. The first kappa shape index (κ1) is 37.0. The van der Waals surface area contributed by atoms with Crippen molar-refractivity contribution in [3.8, 4) is 0 Å². The number of nitrogens with zero attached hydrogens (tertiary/aromatic N) is 6. The van der Waals surface area contributed by atoms with Crippen molar-refractivity contribution in [1.29, 1.82) is 0 Å². The summed E-state index contributed by atoms with van der Waals surface area (Å²) in [5.41, 5.74) is 1.50. The molecule has 0 spiro atoms. The van der Waals surface area contributed by atoms with Gasteiger partial charge in [-0.3, -0.25) is 9.36 Å². The van der Waals surface area contributed by atoms with Crippen LogP contribution >= 0.6 is 8.53 Å². The molecule has 1 N–H and O–H groups in total. The molecule has 1 aliphatic heterocycles. The monoisotopic (exact) mass is 683 g/mol. The molecule has 0 saturated carbocycles. The molecule has 4 rings (SSSR count). The molecule has 2 aromatic heterocycles. The maximum atomic E-state index is 13.0. The third-order valence-electron chi connectivity index (χ3n) is 8.84. The van der Waals surface area contributed by atoms with Crippen molar-refractivity contribution in [3.63, 3.8) is 0 Å². The number of hydrogen-bond donors (Lipinski definition) is 1. The van der Waals surface area contributed by atoms with Crippen molar-refractivity contribution in [2.75, 3.05) is 25.1 Å². The summed E-state index contributed by atoms with van der Waals surface area (Å²) >= 11 is 0. The number of carbonyl (C=O) groups excluding carboxylic acids is 1. The Balaban J connectivity index is 1.65. The van der Waals surface area contributed by atoms with Gasteiger partial charge in [0, 0.05) is 23.6 Å². The molecular formula is C33H50N7O5PSi. The number of anilines is 1. The van der Waals surface area contributed by atoms with Crippen LogP contribution in [0.15, 0.2) is 43.0 Å². The Kier molecular flexibility index (Phi) is 12.3. The number of benzene rings is 1. The number of ether oxygens (including phenoxy) is 1. The van der Waals surface area contributed by atoms with E-state index in [4.69, 9.17) is 24.8 Å². The number of nitrogens with one attached hydrogen (secondary N) is 1. The number of hydrogen-bond acceptors (Lipinski definition) is 9. The van der Waals surface area contributed by atoms with E-state index in [2.05, 4.69) is 98.3 Å². The summed E-state index contributed by atoms with van der Waals surface area (Å²) in [7, 11) is -3.68. The minimum atomic E-state index is -2.25. The number of amides is 1. The summed E-state index contributed by atoms with van der Waals surface area (Å²) in [6.45, 7) is 29.8. The molecule has 3 aromatic rings. The van der Waals surface area contributed by atoms with Crippen LogP contribution in [0.1, 0.15) is 72.0 Å². The molecule has 3 heterocycles. The third kappa shape index (κ3) is 8.62. The summed E-state index contributed by atoms with van der Waals surface area (Å²) in [6, 6.07) is 9.35. The lowest BCUT2D eigenvalue weighted by molar-refractivity contribution is -0.0450. The molecule has 12 nitrogen and oxygen atoms in total. The summed E-state index contributed by atoms with van der Waals surface area (Å²) in [4.78, 5) is 30.0. The molecule has 5 atom stereocenters.